The highest BCUT2D eigenvalue weighted by Crippen LogP contribution is 2.61. The molecule has 4 saturated carbocycles. The molecule has 2 heteroatoms. The van der Waals surface area contributed by atoms with Crippen molar-refractivity contribution in [3.63, 3.8) is 0 Å². The fraction of sp³-hybridized carbons (Fsp3) is 0.611. The summed E-state index contributed by atoms with van der Waals surface area (Å²) in [6.45, 7) is 1.99. The molecule has 4 bridgehead atoms. The van der Waals surface area contributed by atoms with Gasteiger partial charge < -0.3 is 5.73 Å². The van der Waals surface area contributed by atoms with E-state index in [2.05, 4.69) is 0 Å². The van der Waals surface area contributed by atoms with Crippen molar-refractivity contribution in [3.8, 4) is 0 Å². The van der Waals surface area contributed by atoms with E-state index >= 15 is 0 Å². The van der Waals surface area contributed by atoms with Crippen LogP contribution in [0.2, 0.25) is 0 Å². The maximum atomic E-state index is 13.2. The first-order valence-corrected chi connectivity index (χ1v) is 7.97. The van der Waals surface area contributed by atoms with Gasteiger partial charge in [-0.05, 0) is 74.8 Å². The zero-order valence-electron chi connectivity index (χ0n) is 12.2. The molecule has 0 radical (unpaired) electrons. The van der Waals surface area contributed by atoms with Gasteiger partial charge in [0.2, 0.25) is 0 Å². The maximum Gasteiger partial charge on any atom is 0.171 e. The Balaban J connectivity index is 1.73. The van der Waals surface area contributed by atoms with E-state index in [4.69, 9.17) is 5.73 Å². The molecule has 4 aliphatic carbocycles. The third kappa shape index (κ3) is 1.66. The summed E-state index contributed by atoms with van der Waals surface area (Å²) in [5.41, 5.74) is 8.62. The van der Waals surface area contributed by atoms with Crippen molar-refractivity contribution in [1.29, 1.82) is 0 Å². The number of carbonyl (C=O) groups excluding carboxylic acids is 1. The Bertz CT molecular complexity index is 539. The van der Waals surface area contributed by atoms with Gasteiger partial charge in [-0.1, -0.05) is 12.1 Å². The summed E-state index contributed by atoms with van der Waals surface area (Å²) in [4.78, 5) is 13.2. The summed E-state index contributed by atoms with van der Waals surface area (Å²) in [7, 11) is 0. The van der Waals surface area contributed by atoms with Crippen molar-refractivity contribution in [2.75, 3.05) is 5.73 Å². The van der Waals surface area contributed by atoms with Crippen LogP contribution >= 0.6 is 0 Å². The second kappa shape index (κ2) is 4.09. The lowest BCUT2D eigenvalue weighted by Gasteiger charge is -2.56. The van der Waals surface area contributed by atoms with Crippen LogP contribution in [-0.4, -0.2) is 5.78 Å². The van der Waals surface area contributed by atoms with E-state index in [1.54, 1.807) is 0 Å². The van der Waals surface area contributed by atoms with Crippen molar-refractivity contribution in [3.05, 3.63) is 29.3 Å². The number of carbonyl (C=O) groups is 1. The molecule has 2 N–H and O–H groups in total. The van der Waals surface area contributed by atoms with Crippen LogP contribution in [0.3, 0.4) is 0 Å². The second-order valence-electron chi connectivity index (χ2n) is 7.56. The van der Waals surface area contributed by atoms with E-state index in [1.807, 2.05) is 25.1 Å². The molecule has 4 aliphatic rings. The molecule has 0 spiro atoms. The molecule has 0 aliphatic heterocycles. The van der Waals surface area contributed by atoms with Crippen LogP contribution in [0.25, 0.3) is 0 Å². The van der Waals surface area contributed by atoms with E-state index in [1.165, 1.54) is 19.3 Å². The largest absolute Gasteiger partial charge is 0.398 e. The van der Waals surface area contributed by atoms with Crippen LogP contribution in [0.15, 0.2) is 18.2 Å². The molecule has 2 nitrogen and oxygen atoms in total. The SMILES string of the molecule is Cc1cccc(C(=O)C23CC4CC(CC(C4)C2)C3)c1N. The number of hydrogen-bond donors (Lipinski definition) is 1. The van der Waals surface area contributed by atoms with Gasteiger partial charge in [0.1, 0.15) is 0 Å². The third-order valence-electron chi connectivity index (χ3n) is 6.09. The number of aryl methyl sites for hydroxylation is 1. The fourth-order valence-electron chi connectivity index (χ4n) is 5.55. The first kappa shape index (κ1) is 12.4. The number of para-hydroxylation sites is 1. The van der Waals surface area contributed by atoms with Crippen LogP contribution < -0.4 is 5.73 Å². The summed E-state index contributed by atoms with van der Waals surface area (Å²) in [6.07, 6.45) is 7.46. The Kier molecular flexibility index (Phi) is 2.55. The molecule has 0 unspecified atom stereocenters. The molecule has 0 aromatic heterocycles. The van der Waals surface area contributed by atoms with Gasteiger partial charge in [0.25, 0.3) is 0 Å². The van der Waals surface area contributed by atoms with Crippen molar-refractivity contribution < 1.29 is 4.79 Å². The van der Waals surface area contributed by atoms with Gasteiger partial charge in [0.05, 0.1) is 0 Å². The smallest absolute Gasteiger partial charge is 0.171 e. The summed E-state index contributed by atoms with van der Waals surface area (Å²) < 4.78 is 0. The van der Waals surface area contributed by atoms with Crippen LogP contribution in [0.1, 0.15) is 54.4 Å². The summed E-state index contributed by atoms with van der Waals surface area (Å²) >= 11 is 0. The van der Waals surface area contributed by atoms with Gasteiger partial charge in [-0.15, -0.1) is 0 Å². The van der Waals surface area contributed by atoms with Crippen molar-refractivity contribution in [1.82, 2.24) is 0 Å². The lowest BCUT2D eigenvalue weighted by atomic mass is 9.48. The van der Waals surface area contributed by atoms with E-state index in [-0.39, 0.29) is 5.41 Å². The van der Waals surface area contributed by atoms with Crippen molar-refractivity contribution >= 4 is 11.5 Å². The number of nitrogen functional groups attached to an aromatic ring is 1. The van der Waals surface area contributed by atoms with Crippen LogP contribution in [0, 0.1) is 30.1 Å². The summed E-state index contributed by atoms with van der Waals surface area (Å²) in [5, 5.41) is 0. The molecular formula is C18H23NO. The minimum atomic E-state index is -0.0728. The van der Waals surface area contributed by atoms with Crippen LogP contribution in [-0.2, 0) is 0 Å². The molecule has 0 saturated heterocycles. The molecule has 4 fully saturated rings. The van der Waals surface area contributed by atoms with E-state index < -0.39 is 0 Å². The zero-order chi connectivity index (χ0) is 13.9. The molecule has 106 valence electrons. The molecular weight excluding hydrogens is 246 g/mol. The molecule has 20 heavy (non-hydrogen) atoms. The first-order chi connectivity index (χ1) is 9.57. The first-order valence-electron chi connectivity index (χ1n) is 7.97. The van der Waals surface area contributed by atoms with Gasteiger partial charge in [-0.3, -0.25) is 4.79 Å². The highest BCUT2D eigenvalue weighted by Gasteiger charge is 2.54. The Labute approximate surface area is 120 Å². The van der Waals surface area contributed by atoms with Crippen molar-refractivity contribution in [2.24, 2.45) is 23.2 Å². The van der Waals surface area contributed by atoms with Gasteiger partial charge in [0.15, 0.2) is 5.78 Å². The highest BCUT2D eigenvalue weighted by molar-refractivity contribution is 6.05. The molecule has 1 aromatic rings. The summed E-state index contributed by atoms with van der Waals surface area (Å²) in [6, 6.07) is 5.90. The van der Waals surface area contributed by atoms with Gasteiger partial charge in [-0.2, -0.15) is 0 Å². The number of Topliss-reactive ketones (excluding diaryl/α,β-unsaturated/α-hetero) is 1. The number of rotatable bonds is 2. The van der Waals surface area contributed by atoms with E-state index in [0.29, 0.717) is 11.5 Å². The number of ketones is 1. The van der Waals surface area contributed by atoms with E-state index in [9.17, 15) is 4.79 Å². The Morgan fingerprint density at radius 2 is 1.65 bits per heavy atom. The maximum absolute atomic E-state index is 13.2. The quantitative estimate of drug-likeness (QED) is 0.652. The Morgan fingerprint density at radius 3 is 2.20 bits per heavy atom. The van der Waals surface area contributed by atoms with Crippen LogP contribution in [0.5, 0.6) is 0 Å². The topological polar surface area (TPSA) is 43.1 Å². The zero-order valence-corrected chi connectivity index (χ0v) is 12.2. The van der Waals surface area contributed by atoms with Gasteiger partial charge >= 0.3 is 0 Å². The Morgan fingerprint density at radius 1 is 1.10 bits per heavy atom. The lowest BCUT2D eigenvalue weighted by Crippen LogP contribution is -2.50. The molecule has 0 amide bonds. The lowest BCUT2D eigenvalue weighted by molar-refractivity contribution is -0.0352. The predicted octanol–water partition coefficient (Wildman–Crippen LogP) is 3.98. The monoisotopic (exact) mass is 269 g/mol. The minimum Gasteiger partial charge on any atom is -0.398 e. The standard InChI is InChI=1S/C18H23NO/c1-11-3-2-4-15(16(11)19)17(20)18-8-12-5-13(9-18)7-14(6-12)10-18/h2-4,12-14H,5-10,19H2,1H3. The number of benzene rings is 1. The predicted molar refractivity (Wildman–Crippen MR) is 80.5 cm³/mol. The number of anilines is 1. The van der Waals surface area contributed by atoms with E-state index in [0.717, 1.165) is 48.1 Å². The number of nitrogens with two attached hydrogens (primary N) is 1. The normalized spacial score (nSPS) is 38.1. The average Bonchev–Trinajstić information content (AvgIpc) is 2.39. The molecule has 1 aromatic carbocycles. The summed E-state index contributed by atoms with van der Waals surface area (Å²) in [5.74, 6) is 2.75. The molecule has 0 atom stereocenters. The molecule has 5 rings (SSSR count). The fourth-order valence-corrected chi connectivity index (χ4v) is 5.55. The Hall–Kier alpha value is -1.31. The average molecular weight is 269 g/mol. The second-order valence-corrected chi connectivity index (χ2v) is 7.56. The van der Waals surface area contributed by atoms with Gasteiger partial charge in [0, 0.05) is 16.7 Å². The number of hydrogen-bond acceptors (Lipinski definition) is 2. The highest BCUT2D eigenvalue weighted by atomic mass is 16.1. The minimum absolute atomic E-state index is 0.0728. The van der Waals surface area contributed by atoms with Crippen LogP contribution in [0.4, 0.5) is 5.69 Å². The molecule has 0 heterocycles. The third-order valence-corrected chi connectivity index (χ3v) is 6.09. The van der Waals surface area contributed by atoms with Gasteiger partial charge in [-0.25, -0.2) is 0 Å². The van der Waals surface area contributed by atoms with Crippen molar-refractivity contribution in [2.45, 2.75) is 45.4 Å².